The van der Waals surface area contributed by atoms with Gasteiger partial charge in [0.1, 0.15) is 11.6 Å². The second kappa shape index (κ2) is 4.65. The van der Waals surface area contributed by atoms with E-state index in [-0.39, 0.29) is 0 Å². The van der Waals surface area contributed by atoms with Crippen LogP contribution in [0.2, 0.25) is 0 Å². The monoisotopic (exact) mass is 254 g/mol. The first-order chi connectivity index (χ1) is 9.26. The van der Waals surface area contributed by atoms with Gasteiger partial charge in [0.05, 0.1) is 18.1 Å². The lowest BCUT2D eigenvalue weighted by Gasteiger charge is -2.09. The second-order valence-corrected chi connectivity index (χ2v) is 4.25. The maximum atomic E-state index is 5.84. The molecule has 2 aromatic carbocycles. The molecule has 0 amide bonds. The second-order valence-electron chi connectivity index (χ2n) is 4.25. The number of methoxy groups -OCH3 is 1. The number of benzene rings is 2. The Labute approximate surface area is 111 Å². The highest BCUT2D eigenvalue weighted by molar-refractivity contribution is 5.76. The fourth-order valence-electron chi connectivity index (χ4n) is 2.01. The normalized spacial score (nSPS) is 10.6. The van der Waals surface area contributed by atoms with Gasteiger partial charge in [0.2, 0.25) is 0 Å². The van der Waals surface area contributed by atoms with E-state index in [9.17, 15) is 0 Å². The molecule has 0 unspecified atom stereocenters. The van der Waals surface area contributed by atoms with Crippen molar-refractivity contribution in [3.63, 3.8) is 0 Å². The van der Waals surface area contributed by atoms with Crippen LogP contribution in [-0.4, -0.2) is 17.1 Å². The van der Waals surface area contributed by atoms with Gasteiger partial charge in [0.15, 0.2) is 11.5 Å². The predicted molar refractivity (Wildman–Crippen MR) is 73.9 cm³/mol. The molecule has 0 aliphatic rings. The summed E-state index contributed by atoms with van der Waals surface area (Å²) in [6, 6.07) is 13.3. The number of nitrogens with zero attached hydrogens (tertiary/aromatic N) is 1. The Kier molecular flexibility index (Phi) is 2.83. The van der Waals surface area contributed by atoms with Crippen LogP contribution in [0.5, 0.6) is 17.2 Å². The number of fused-ring (bicyclic) bond motifs is 1. The molecule has 4 heteroatoms. The molecule has 1 aromatic heterocycles. The molecule has 0 aliphatic carbocycles. The average molecular weight is 254 g/mol. The number of hydrogen-bond acceptors (Lipinski definition) is 3. The van der Waals surface area contributed by atoms with Gasteiger partial charge in [-0.15, -0.1) is 0 Å². The topological polar surface area (TPSA) is 47.1 Å². The van der Waals surface area contributed by atoms with Crippen LogP contribution in [0.4, 0.5) is 0 Å². The van der Waals surface area contributed by atoms with Crippen molar-refractivity contribution in [2.24, 2.45) is 0 Å². The predicted octanol–water partition coefficient (Wildman–Crippen LogP) is 3.67. The standard InChI is InChI=1S/C15H14N2O2/c1-10-16-12-8-7-11(9-13(12)17-10)19-15-6-4-3-5-14(15)18-2/h3-9H,1-2H3,(H,16,17). The summed E-state index contributed by atoms with van der Waals surface area (Å²) in [6.07, 6.45) is 0. The molecule has 1 N–H and O–H groups in total. The fourth-order valence-corrected chi connectivity index (χ4v) is 2.01. The molecule has 1 heterocycles. The number of para-hydroxylation sites is 2. The zero-order valence-corrected chi connectivity index (χ0v) is 10.8. The number of aromatic amines is 1. The van der Waals surface area contributed by atoms with Crippen molar-refractivity contribution in [2.45, 2.75) is 6.92 Å². The van der Waals surface area contributed by atoms with Crippen LogP contribution >= 0.6 is 0 Å². The molecule has 3 rings (SSSR count). The quantitative estimate of drug-likeness (QED) is 0.775. The van der Waals surface area contributed by atoms with Gasteiger partial charge in [-0.05, 0) is 31.2 Å². The van der Waals surface area contributed by atoms with Crippen molar-refractivity contribution in [3.8, 4) is 17.2 Å². The molecule has 96 valence electrons. The molecule has 0 saturated carbocycles. The highest BCUT2D eigenvalue weighted by Gasteiger charge is 2.06. The van der Waals surface area contributed by atoms with E-state index in [1.165, 1.54) is 0 Å². The molecular formula is C15H14N2O2. The van der Waals surface area contributed by atoms with E-state index in [4.69, 9.17) is 9.47 Å². The van der Waals surface area contributed by atoms with E-state index in [1.54, 1.807) is 7.11 Å². The largest absolute Gasteiger partial charge is 0.493 e. The van der Waals surface area contributed by atoms with Gasteiger partial charge in [-0.25, -0.2) is 4.98 Å². The van der Waals surface area contributed by atoms with Crippen LogP contribution in [0.25, 0.3) is 11.0 Å². The Balaban J connectivity index is 1.96. The molecule has 0 bridgehead atoms. The van der Waals surface area contributed by atoms with Crippen molar-refractivity contribution in [3.05, 3.63) is 48.3 Å². The summed E-state index contributed by atoms with van der Waals surface area (Å²) >= 11 is 0. The SMILES string of the molecule is COc1ccccc1Oc1ccc2nc(C)[nH]c2c1. The van der Waals surface area contributed by atoms with E-state index >= 15 is 0 Å². The van der Waals surface area contributed by atoms with Crippen LogP contribution in [0, 0.1) is 6.92 Å². The summed E-state index contributed by atoms with van der Waals surface area (Å²) in [5.74, 6) is 3.05. The van der Waals surface area contributed by atoms with E-state index in [0.717, 1.165) is 22.6 Å². The van der Waals surface area contributed by atoms with Crippen LogP contribution in [0.1, 0.15) is 5.82 Å². The maximum absolute atomic E-state index is 5.84. The molecule has 0 saturated heterocycles. The Morgan fingerprint density at radius 3 is 2.63 bits per heavy atom. The summed E-state index contributed by atoms with van der Waals surface area (Å²) < 4.78 is 11.1. The smallest absolute Gasteiger partial charge is 0.169 e. The fraction of sp³-hybridized carbons (Fsp3) is 0.133. The zero-order valence-electron chi connectivity index (χ0n) is 10.8. The molecule has 3 aromatic rings. The summed E-state index contributed by atoms with van der Waals surface area (Å²) in [7, 11) is 1.63. The number of H-pyrrole nitrogens is 1. The molecule has 0 atom stereocenters. The Morgan fingerprint density at radius 1 is 1.05 bits per heavy atom. The minimum absolute atomic E-state index is 0.695. The number of imidazole rings is 1. The first-order valence-corrected chi connectivity index (χ1v) is 6.03. The third kappa shape index (κ3) is 2.25. The van der Waals surface area contributed by atoms with Crippen LogP contribution in [0.3, 0.4) is 0 Å². The van der Waals surface area contributed by atoms with Gasteiger partial charge in [-0.2, -0.15) is 0 Å². The van der Waals surface area contributed by atoms with E-state index in [1.807, 2.05) is 49.4 Å². The molecule has 4 nitrogen and oxygen atoms in total. The van der Waals surface area contributed by atoms with Crippen molar-refractivity contribution < 1.29 is 9.47 Å². The van der Waals surface area contributed by atoms with Gasteiger partial charge in [-0.1, -0.05) is 12.1 Å². The van der Waals surface area contributed by atoms with Crippen LogP contribution < -0.4 is 9.47 Å². The lowest BCUT2D eigenvalue weighted by atomic mass is 10.3. The Hall–Kier alpha value is -2.49. The third-order valence-corrected chi connectivity index (χ3v) is 2.87. The molecule has 0 aliphatic heterocycles. The zero-order chi connectivity index (χ0) is 13.2. The van der Waals surface area contributed by atoms with Crippen LogP contribution in [0.15, 0.2) is 42.5 Å². The summed E-state index contributed by atoms with van der Waals surface area (Å²) in [4.78, 5) is 7.55. The molecule has 19 heavy (non-hydrogen) atoms. The Bertz CT molecular complexity index is 719. The lowest BCUT2D eigenvalue weighted by Crippen LogP contribution is -1.89. The van der Waals surface area contributed by atoms with Gasteiger partial charge in [0.25, 0.3) is 0 Å². The van der Waals surface area contributed by atoms with Crippen molar-refractivity contribution in [2.75, 3.05) is 7.11 Å². The van der Waals surface area contributed by atoms with Crippen molar-refractivity contribution in [1.82, 2.24) is 9.97 Å². The third-order valence-electron chi connectivity index (χ3n) is 2.87. The van der Waals surface area contributed by atoms with E-state index in [2.05, 4.69) is 9.97 Å². The van der Waals surface area contributed by atoms with Crippen molar-refractivity contribution in [1.29, 1.82) is 0 Å². The van der Waals surface area contributed by atoms with Crippen molar-refractivity contribution >= 4 is 11.0 Å². The van der Waals surface area contributed by atoms with Crippen LogP contribution in [-0.2, 0) is 0 Å². The molecule has 0 spiro atoms. The molecule has 0 radical (unpaired) electrons. The number of aryl methyl sites for hydroxylation is 1. The summed E-state index contributed by atoms with van der Waals surface area (Å²) in [6.45, 7) is 1.93. The van der Waals surface area contributed by atoms with E-state index in [0.29, 0.717) is 11.5 Å². The highest BCUT2D eigenvalue weighted by atomic mass is 16.5. The van der Waals surface area contributed by atoms with Gasteiger partial charge < -0.3 is 14.5 Å². The van der Waals surface area contributed by atoms with Gasteiger partial charge >= 0.3 is 0 Å². The maximum Gasteiger partial charge on any atom is 0.169 e. The molecule has 0 fully saturated rings. The minimum Gasteiger partial charge on any atom is -0.493 e. The number of aromatic nitrogens is 2. The highest BCUT2D eigenvalue weighted by Crippen LogP contribution is 2.31. The van der Waals surface area contributed by atoms with Gasteiger partial charge in [-0.3, -0.25) is 0 Å². The number of hydrogen-bond donors (Lipinski definition) is 1. The number of ether oxygens (including phenoxy) is 2. The van der Waals surface area contributed by atoms with E-state index < -0.39 is 0 Å². The first-order valence-electron chi connectivity index (χ1n) is 6.03. The van der Waals surface area contributed by atoms with Gasteiger partial charge in [0, 0.05) is 6.07 Å². The number of rotatable bonds is 3. The lowest BCUT2D eigenvalue weighted by molar-refractivity contribution is 0.379. The summed E-state index contributed by atoms with van der Waals surface area (Å²) in [5, 5.41) is 0. The number of nitrogens with one attached hydrogen (secondary N) is 1. The summed E-state index contributed by atoms with van der Waals surface area (Å²) in [5.41, 5.74) is 1.90. The molecular weight excluding hydrogens is 240 g/mol. The average Bonchev–Trinajstić information content (AvgIpc) is 2.79. The first kappa shape index (κ1) is 11.6. The minimum atomic E-state index is 0.695. The Morgan fingerprint density at radius 2 is 1.84 bits per heavy atom.